The number of methoxy groups -OCH3 is 1. The average Bonchev–Trinajstić information content (AvgIpc) is 2.03. The number of aryl methyl sites for hydroxylation is 1. The Morgan fingerprint density at radius 2 is 2.25 bits per heavy atom. The van der Waals surface area contributed by atoms with Crippen molar-refractivity contribution in [3.8, 4) is 0 Å². The van der Waals surface area contributed by atoms with Gasteiger partial charge >= 0.3 is 5.97 Å². The van der Waals surface area contributed by atoms with Crippen LogP contribution in [0.25, 0.3) is 0 Å². The zero-order chi connectivity index (χ0) is 9.14. The van der Waals surface area contributed by atoms with E-state index in [-0.39, 0.29) is 5.97 Å². The highest BCUT2D eigenvalue weighted by molar-refractivity contribution is 9.10. The summed E-state index contributed by atoms with van der Waals surface area (Å²) in [6.45, 7) is 1.81. The van der Waals surface area contributed by atoms with Crippen LogP contribution in [0.5, 0.6) is 0 Å². The van der Waals surface area contributed by atoms with Crippen molar-refractivity contribution in [1.82, 2.24) is 4.98 Å². The van der Waals surface area contributed by atoms with Gasteiger partial charge in [0, 0.05) is 12.4 Å². The summed E-state index contributed by atoms with van der Waals surface area (Å²) in [4.78, 5) is 15.1. The van der Waals surface area contributed by atoms with E-state index in [2.05, 4.69) is 25.7 Å². The summed E-state index contributed by atoms with van der Waals surface area (Å²) in [7, 11) is 1.36. The summed E-state index contributed by atoms with van der Waals surface area (Å²) in [5.41, 5.74) is 1.34. The second kappa shape index (κ2) is 3.67. The minimum absolute atomic E-state index is 0.346. The summed E-state index contributed by atoms with van der Waals surface area (Å²) in [6.07, 6.45) is 3.19. The molecule has 0 saturated carbocycles. The number of aromatic nitrogens is 1. The molecule has 3 nitrogen and oxygen atoms in total. The maximum Gasteiger partial charge on any atom is 0.339 e. The topological polar surface area (TPSA) is 39.2 Å². The third kappa shape index (κ3) is 1.64. The molecular formula is C8H8BrNO2. The molecular weight excluding hydrogens is 222 g/mol. The summed E-state index contributed by atoms with van der Waals surface area (Å²) in [5.74, 6) is -0.346. The second-order valence-corrected chi connectivity index (χ2v) is 3.16. The lowest BCUT2D eigenvalue weighted by molar-refractivity contribution is 0.0598. The van der Waals surface area contributed by atoms with Crippen molar-refractivity contribution in [2.24, 2.45) is 0 Å². The van der Waals surface area contributed by atoms with Gasteiger partial charge in [-0.2, -0.15) is 0 Å². The number of nitrogens with zero attached hydrogens (tertiary/aromatic N) is 1. The molecule has 0 aliphatic carbocycles. The third-order valence-electron chi connectivity index (χ3n) is 1.48. The van der Waals surface area contributed by atoms with Crippen LogP contribution in [-0.2, 0) is 4.74 Å². The van der Waals surface area contributed by atoms with Crippen molar-refractivity contribution in [1.29, 1.82) is 0 Å². The highest BCUT2D eigenvalue weighted by Gasteiger charge is 2.12. The monoisotopic (exact) mass is 229 g/mol. The zero-order valence-corrected chi connectivity index (χ0v) is 8.38. The highest BCUT2D eigenvalue weighted by atomic mass is 79.9. The summed E-state index contributed by atoms with van der Waals surface area (Å²) in [5, 5.41) is 0. The Labute approximate surface area is 78.9 Å². The van der Waals surface area contributed by atoms with Crippen molar-refractivity contribution >= 4 is 21.9 Å². The zero-order valence-electron chi connectivity index (χ0n) is 6.80. The van der Waals surface area contributed by atoms with Gasteiger partial charge in [-0.15, -0.1) is 0 Å². The first kappa shape index (κ1) is 9.19. The van der Waals surface area contributed by atoms with Crippen LogP contribution in [-0.4, -0.2) is 18.1 Å². The van der Waals surface area contributed by atoms with Crippen molar-refractivity contribution in [2.75, 3.05) is 7.11 Å². The van der Waals surface area contributed by atoms with Gasteiger partial charge < -0.3 is 4.74 Å². The number of ether oxygens (including phenoxy) is 1. The molecule has 0 aliphatic rings. The first-order valence-electron chi connectivity index (χ1n) is 3.35. The molecule has 12 heavy (non-hydrogen) atoms. The number of pyridine rings is 1. The van der Waals surface area contributed by atoms with Crippen LogP contribution in [0.2, 0.25) is 0 Å². The predicted octanol–water partition coefficient (Wildman–Crippen LogP) is 1.94. The molecule has 0 amide bonds. The van der Waals surface area contributed by atoms with E-state index in [1.165, 1.54) is 7.11 Å². The predicted molar refractivity (Wildman–Crippen MR) is 48.0 cm³/mol. The Morgan fingerprint density at radius 1 is 1.58 bits per heavy atom. The Hall–Kier alpha value is -0.900. The maximum atomic E-state index is 11.2. The Bertz CT molecular complexity index is 292. The molecule has 0 saturated heterocycles. The molecule has 0 atom stereocenters. The fraction of sp³-hybridized carbons (Fsp3) is 0.250. The molecule has 1 heterocycles. The van der Waals surface area contributed by atoms with Crippen LogP contribution in [0.4, 0.5) is 0 Å². The molecule has 4 heteroatoms. The summed E-state index contributed by atoms with van der Waals surface area (Å²) >= 11 is 3.23. The first-order chi connectivity index (χ1) is 5.66. The SMILES string of the molecule is COC(=O)c1c(C)cncc1Br. The second-order valence-electron chi connectivity index (χ2n) is 2.30. The molecule has 1 aromatic heterocycles. The highest BCUT2D eigenvalue weighted by Crippen LogP contribution is 2.19. The van der Waals surface area contributed by atoms with Crippen LogP contribution < -0.4 is 0 Å². The Balaban J connectivity index is 3.21. The van der Waals surface area contributed by atoms with Gasteiger partial charge in [-0.05, 0) is 28.4 Å². The van der Waals surface area contributed by atoms with Crippen LogP contribution in [0.1, 0.15) is 15.9 Å². The first-order valence-corrected chi connectivity index (χ1v) is 4.14. The number of hydrogen-bond acceptors (Lipinski definition) is 3. The van der Waals surface area contributed by atoms with Crippen LogP contribution in [0, 0.1) is 6.92 Å². The number of halogens is 1. The van der Waals surface area contributed by atoms with E-state index in [1.807, 2.05) is 6.92 Å². The number of hydrogen-bond donors (Lipinski definition) is 0. The third-order valence-corrected chi connectivity index (χ3v) is 2.08. The van der Waals surface area contributed by atoms with Gasteiger partial charge in [-0.3, -0.25) is 4.98 Å². The lowest BCUT2D eigenvalue weighted by Crippen LogP contribution is -2.05. The molecule has 0 N–H and O–H groups in total. The number of carbonyl (C=O) groups is 1. The van der Waals surface area contributed by atoms with E-state index in [1.54, 1.807) is 12.4 Å². The van der Waals surface area contributed by atoms with E-state index >= 15 is 0 Å². The minimum atomic E-state index is -0.346. The smallest absolute Gasteiger partial charge is 0.339 e. The Morgan fingerprint density at radius 3 is 2.75 bits per heavy atom. The normalized spacial score (nSPS) is 9.58. The molecule has 0 bridgehead atoms. The maximum absolute atomic E-state index is 11.2. The van der Waals surface area contributed by atoms with E-state index in [0.29, 0.717) is 10.0 Å². The fourth-order valence-electron chi connectivity index (χ4n) is 0.893. The molecule has 1 rings (SSSR count). The lowest BCUT2D eigenvalue weighted by Gasteiger charge is -2.04. The number of carbonyl (C=O) groups excluding carboxylic acids is 1. The molecule has 64 valence electrons. The Kier molecular flexibility index (Phi) is 2.81. The average molecular weight is 230 g/mol. The van der Waals surface area contributed by atoms with Crippen LogP contribution >= 0.6 is 15.9 Å². The van der Waals surface area contributed by atoms with E-state index in [9.17, 15) is 4.79 Å². The van der Waals surface area contributed by atoms with Gasteiger partial charge in [0.15, 0.2) is 0 Å². The number of esters is 1. The van der Waals surface area contributed by atoms with Crippen molar-refractivity contribution in [2.45, 2.75) is 6.92 Å². The van der Waals surface area contributed by atoms with E-state index in [4.69, 9.17) is 0 Å². The van der Waals surface area contributed by atoms with Gasteiger partial charge in [0.05, 0.1) is 17.1 Å². The molecule has 0 aromatic carbocycles. The standard InChI is InChI=1S/C8H8BrNO2/c1-5-3-10-4-6(9)7(5)8(11)12-2/h3-4H,1-2H3. The van der Waals surface area contributed by atoms with Crippen LogP contribution in [0.3, 0.4) is 0 Å². The van der Waals surface area contributed by atoms with Crippen molar-refractivity contribution < 1.29 is 9.53 Å². The lowest BCUT2D eigenvalue weighted by atomic mass is 10.2. The fourth-order valence-corrected chi connectivity index (χ4v) is 1.49. The quantitative estimate of drug-likeness (QED) is 0.692. The largest absolute Gasteiger partial charge is 0.465 e. The molecule has 0 fully saturated rings. The molecule has 0 spiro atoms. The molecule has 0 radical (unpaired) electrons. The van der Waals surface area contributed by atoms with Crippen molar-refractivity contribution in [3.63, 3.8) is 0 Å². The molecule has 0 aliphatic heterocycles. The summed E-state index contributed by atoms with van der Waals surface area (Å²) in [6, 6.07) is 0. The van der Waals surface area contributed by atoms with Gasteiger partial charge in [-0.25, -0.2) is 4.79 Å². The number of rotatable bonds is 1. The van der Waals surface area contributed by atoms with Crippen molar-refractivity contribution in [3.05, 3.63) is 28.0 Å². The van der Waals surface area contributed by atoms with E-state index in [0.717, 1.165) is 5.56 Å². The minimum Gasteiger partial charge on any atom is -0.465 e. The van der Waals surface area contributed by atoms with Gasteiger partial charge in [0.25, 0.3) is 0 Å². The van der Waals surface area contributed by atoms with E-state index < -0.39 is 0 Å². The van der Waals surface area contributed by atoms with Gasteiger partial charge in [0.1, 0.15) is 0 Å². The molecule has 1 aromatic rings. The van der Waals surface area contributed by atoms with Crippen LogP contribution in [0.15, 0.2) is 16.9 Å². The van der Waals surface area contributed by atoms with Gasteiger partial charge in [-0.1, -0.05) is 0 Å². The van der Waals surface area contributed by atoms with Gasteiger partial charge in [0.2, 0.25) is 0 Å². The summed E-state index contributed by atoms with van der Waals surface area (Å²) < 4.78 is 5.26. The molecule has 0 unspecified atom stereocenters.